The second-order valence-corrected chi connectivity index (χ2v) is 9.56. The number of carbonyl (C=O) groups is 2. The van der Waals surface area contributed by atoms with Gasteiger partial charge in [-0.3, -0.25) is 10.1 Å². The molecule has 3 rings (SSSR count). The van der Waals surface area contributed by atoms with E-state index < -0.39 is 23.4 Å². The molecule has 0 saturated carbocycles. The molecule has 0 aliphatic rings. The molecule has 174 valence electrons. The molecule has 0 bridgehead atoms. The lowest BCUT2D eigenvalue weighted by Gasteiger charge is -2.20. The number of benzene rings is 2. The maximum Gasteiger partial charge on any atom is 0.412 e. The van der Waals surface area contributed by atoms with E-state index in [0.29, 0.717) is 32.0 Å². The number of amides is 2. The molecule has 0 saturated heterocycles. The summed E-state index contributed by atoms with van der Waals surface area (Å²) in [5.74, 6) is -0.429. The van der Waals surface area contributed by atoms with Crippen LogP contribution in [0.3, 0.4) is 0 Å². The lowest BCUT2D eigenvalue weighted by molar-refractivity contribution is 0.0635. The fraction of sp³-hybridized carbons (Fsp3) is 0.261. The zero-order valence-corrected chi connectivity index (χ0v) is 20.1. The molecule has 1 heterocycles. The predicted octanol–water partition coefficient (Wildman–Crippen LogP) is 6.42. The van der Waals surface area contributed by atoms with Gasteiger partial charge in [-0.2, -0.15) is 0 Å². The van der Waals surface area contributed by atoms with Crippen molar-refractivity contribution >= 4 is 46.3 Å². The van der Waals surface area contributed by atoms with Crippen LogP contribution in [0.15, 0.2) is 42.5 Å². The molecule has 2 N–H and O–H groups in total. The van der Waals surface area contributed by atoms with Gasteiger partial charge in [0.1, 0.15) is 33.7 Å². The third kappa shape index (κ3) is 7.16. The first-order valence-corrected chi connectivity index (χ1v) is 11.2. The van der Waals surface area contributed by atoms with E-state index in [2.05, 4.69) is 15.6 Å². The Morgan fingerprint density at radius 1 is 1.12 bits per heavy atom. The van der Waals surface area contributed by atoms with Gasteiger partial charge < -0.3 is 14.8 Å². The third-order valence-electron chi connectivity index (χ3n) is 4.08. The van der Waals surface area contributed by atoms with E-state index in [1.54, 1.807) is 52.0 Å². The summed E-state index contributed by atoms with van der Waals surface area (Å²) in [4.78, 5) is 29.5. The predicted molar refractivity (Wildman–Crippen MR) is 127 cm³/mol. The molecule has 0 spiro atoms. The Morgan fingerprint density at radius 3 is 2.48 bits per heavy atom. The number of ether oxygens (including phenoxy) is 2. The monoisotopic (exact) mass is 491 g/mol. The smallest absolute Gasteiger partial charge is 0.412 e. The Kier molecular flexibility index (Phi) is 7.55. The molecule has 0 aliphatic carbocycles. The first-order chi connectivity index (χ1) is 15.5. The Balaban J connectivity index is 1.66. The van der Waals surface area contributed by atoms with Crippen LogP contribution in [0.5, 0.6) is 5.75 Å². The highest BCUT2D eigenvalue weighted by atomic mass is 35.5. The number of thiazole rings is 1. The van der Waals surface area contributed by atoms with Crippen LogP contribution in [0.4, 0.5) is 20.6 Å². The quantitative estimate of drug-likeness (QED) is 0.415. The molecule has 2 aromatic carbocycles. The number of nitrogens with zero attached hydrogens (tertiary/aromatic N) is 1. The van der Waals surface area contributed by atoms with Gasteiger partial charge in [0.2, 0.25) is 0 Å². The molecule has 1 aromatic heterocycles. The molecule has 7 nitrogen and oxygen atoms in total. The van der Waals surface area contributed by atoms with Crippen molar-refractivity contribution in [2.24, 2.45) is 0 Å². The standard InChI is InChI=1S/C23H23ClFN3O4S/c1-13-20(33-19(26-13)12-31-16-8-5-14(24)6-9-16)21(29)27-15-7-10-17(25)18(11-15)28-22(30)32-23(2,3)4/h5-11H,12H2,1-4H3,(H,27,29)(H,28,30). The van der Waals surface area contributed by atoms with E-state index in [1.807, 2.05) is 0 Å². The van der Waals surface area contributed by atoms with Crippen LogP contribution in [0.25, 0.3) is 0 Å². The fourth-order valence-corrected chi connectivity index (χ4v) is 3.70. The number of hydrogen-bond donors (Lipinski definition) is 2. The van der Waals surface area contributed by atoms with E-state index in [-0.39, 0.29) is 12.3 Å². The topological polar surface area (TPSA) is 89.5 Å². The molecule has 0 aliphatic heterocycles. The van der Waals surface area contributed by atoms with E-state index >= 15 is 0 Å². The van der Waals surface area contributed by atoms with Crippen LogP contribution in [0, 0.1) is 12.7 Å². The Morgan fingerprint density at radius 2 is 1.82 bits per heavy atom. The maximum absolute atomic E-state index is 14.1. The Bertz CT molecular complexity index is 1160. The molecule has 0 radical (unpaired) electrons. The molecule has 3 aromatic rings. The van der Waals surface area contributed by atoms with Crippen molar-refractivity contribution in [3.8, 4) is 5.75 Å². The first-order valence-electron chi connectivity index (χ1n) is 9.96. The summed E-state index contributed by atoms with van der Waals surface area (Å²) in [7, 11) is 0. The minimum absolute atomic E-state index is 0.111. The van der Waals surface area contributed by atoms with Gasteiger partial charge in [-0.15, -0.1) is 11.3 Å². The Hall–Kier alpha value is -3.17. The van der Waals surface area contributed by atoms with Crippen LogP contribution in [-0.4, -0.2) is 22.6 Å². The molecular weight excluding hydrogens is 469 g/mol. The maximum atomic E-state index is 14.1. The van der Waals surface area contributed by atoms with Gasteiger partial charge in [-0.1, -0.05) is 11.6 Å². The fourth-order valence-electron chi connectivity index (χ4n) is 2.70. The summed E-state index contributed by atoms with van der Waals surface area (Å²) in [6, 6.07) is 10.8. The first kappa shape index (κ1) is 24.5. The lowest BCUT2D eigenvalue weighted by atomic mass is 10.2. The van der Waals surface area contributed by atoms with Crippen molar-refractivity contribution < 1.29 is 23.5 Å². The summed E-state index contributed by atoms with van der Waals surface area (Å²) in [6.45, 7) is 7.02. The minimum Gasteiger partial charge on any atom is -0.486 e. The molecule has 0 unspecified atom stereocenters. The van der Waals surface area contributed by atoms with Gasteiger partial charge in [0, 0.05) is 10.7 Å². The number of hydrogen-bond acceptors (Lipinski definition) is 6. The number of anilines is 2. The minimum atomic E-state index is -0.798. The highest BCUT2D eigenvalue weighted by Crippen LogP contribution is 2.25. The van der Waals surface area contributed by atoms with Crippen LogP contribution < -0.4 is 15.4 Å². The van der Waals surface area contributed by atoms with Crippen molar-refractivity contribution in [3.05, 3.63) is 68.9 Å². The van der Waals surface area contributed by atoms with Gasteiger partial charge in [0.15, 0.2) is 0 Å². The lowest BCUT2D eigenvalue weighted by Crippen LogP contribution is -2.27. The summed E-state index contributed by atoms with van der Waals surface area (Å²) >= 11 is 7.06. The van der Waals surface area contributed by atoms with E-state index in [1.165, 1.54) is 23.5 Å². The van der Waals surface area contributed by atoms with Gasteiger partial charge in [0.05, 0.1) is 11.4 Å². The number of aryl methyl sites for hydroxylation is 1. The van der Waals surface area contributed by atoms with E-state index in [4.69, 9.17) is 21.1 Å². The zero-order valence-electron chi connectivity index (χ0n) is 18.5. The van der Waals surface area contributed by atoms with Crippen LogP contribution in [0.2, 0.25) is 5.02 Å². The molecule has 2 amide bonds. The van der Waals surface area contributed by atoms with Crippen molar-refractivity contribution in [3.63, 3.8) is 0 Å². The van der Waals surface area contributed by atoms with Crippen molar-refractivity contribution in [1.82, 2.24) is 4.98 Å². The number of carbonyl (C=O) groups excluding carboxylic acids is 2. The highest BCUT2D eigenvalue weighted by molar-refractivity contribution is 7.13. The van der Waals surface area contributed by atoms with E-state index in [0.717, 1.165) is 6.07 Å². The average Bonchev–Trinajstić information content (AvgIpc) is 3.09. The summed E-state index contributed by atoms with van der Waals surface area (Å²) in [5, 5.41) is 6.28. The SMILES string of the molecule is Cc1nc(COc2ccc(Cl)cc2)sc1C(=O)Nc1ccc(F)c(NC(=O)OC(C)(C)C)c1. The second kappa shape index (κ2) is 10.2. The Labute approximate surface area is 199 Å². The van der Waals surface area contributed by atoms with Crippen LogP contribution in [0.1, 0.15) is 41.1 Å². The third-order valence-corrected chi connectivity index (χ3v) is 5.46. The summed E-state index contributed by atoms with van der Waals surface area (Å²) < 4.78 is 24.9. The molecule has 0 atom stereocenters. The average molecular weight is 492 g/mol. The van der Waals surface area contributed by atoms with Gasteiger partial charge in [-0.05, 0) is 70.2 Å². The number of halogens is 2. The largest absolute Gasteiger partial charge is 0.486 e. The zero-order chi connectivity index (χ0) is 24.2. The molecule has 10 heteroatoms. The molecular formula is C23H23ClFN3O4S. The van der Waals surface area contributed by atoms with Crippen molar-refractivity contribution in [2.45, 2.75) is 39.9 Å². The summed E-state index contributed by atoms with van der Waals surface area (Å²) in [6.07, 6.45) is -0.798. The summed E-state index contributed by atoms with van der Waals surface area (Å²) in [5.41, 5.74) is 0.00574. The number of nitrogens with one attached hydrogen (secondary N) is 2. The van der Waals surface area contributed by atoms with Crippen LogP contribution >= 0.6 is 22.9 Å². The van der Waals surface area contributed by atoms with Crippen molar-refractivity contribution in [1.29, 1.82) is 0 Å². The number of aromatic nitrogens is 1. The molecule has 33 heavy (non-hydrogen) atoms. The van der Waals surface area contributed by atoms with Gasteiger partial charge in [-0.25, -0.2) is 14.2 Å². The normalized spacial score (nSPS) is 11.1. The van der Waals surface area contributed by atoms with Gasteiger partial charge >= 0.3 is 6.09 Å². The van der Waals surface area contributed by atoms with Gasteiger partial charge in [0.25, 0.3) is 5.91 Å². The van der Waals surface area contributed by atoms with Crippen LogP contribution in [-0.2, 0) is 11.3 Å². The molecule has 0 fully saturated rings. The van der Waals surface area contributed by atoms with E-state index in [9.17, 15) is 14.0 Å². The van der Waals surface area contributed by atoms with Crippen molar-refractivity contribution in [2.75, 3.05) is 10.6 Å². The number of rotatable bonds is 6. The highest BCUT2D eigenvalue weighted by Gasteiger charge is 2.19. The second-order valence-electron chi connectivity index (χ2n) is 8.04.